The van der Waals surface area contributed by atoms with Crippen LogP contribution in [0.4, 0.5) is 11.8 Å². The van der Waals surface area contributed by atoms with Crippen LogP contribution in [0.5, 0.6) is 5.75 Å². The molecular formula is C18H14ClN5O. The summed E-state index contributed by atoms with van der Waals surface area (Å²) in [6.45, 7) is 0.355. The number of nitriles is 1. The Labute approximate surface area is 149 Å². The lowest BCUT2D eigenvalue weighted by molar-refractivity contribution is 0.307. The molecule has 6 nitrogen and oxygen atoms in total. The van der Waals surface area contributed by atoms with Crippen LogP contribution in [0.1, 0.15) is 11.1 Å². The van der Waals surface area contributed by atoms with Gasteiger partial charge in [-0.1, -0.05) is 41.9 Å². The highest BCUT2D eigenvalue weighted by molar-refractivity contribution is 6.31. The fourth-order valence-corrected chi connectivity index (χ4v) is 2.52. The summed E-state index contributed by atoms with van der Waals surface area (Å²) in [6.07, 6.45) is 0. The molecule has 0 aliphatic rings. The minimum Gasteiger partial charge on any atom is -0.488 e. The lowest BCUT2D eigenvalue weighted by atomic mass is 10.1. The van der Waals surface area contributed by atoms with Crippen molar-refractivity contribution in [1.29, 1.82) is 5.26 Å². The molecule has 0 spiro atoms. The van der Waals surface area contributed by atoms with Gasteiger partial charge < -0.3 is 16.2 Å². The van der Waals surface area contributed by atoms with E-state index in [0.717, 1.165) is 5.56 Å². The number of nitrogens with zero attached hydrogens (tertiary/aromatic N) is 3. The second-order valence-electron chi connectivity index (χ2n) is 5.22. The van der Waals surface area contributed by atoms with Crippen LogP contribution in [-0.2, 0) is 6.61 Å². The third kappa shape index (κ3) is 3.62. The number of nitrogens with two attached hydrogens (primary N) is 2. The van der Waals surface area contributed by atoms with Crippen molar-refractivity contribution in [2.45, 2.75) is 6.61 Å². The third-order valence-electron chi connectivity index (χ3n) is 3.50. The van der Waals surface area contributed by atoms with Crippen molar-refractivity contribution in [1.82, 2.24) is 9.97 Å². The van der Waals surface area contributed by atoms with Gasteiger partial charge in [0.1, 0.15) is 29.8 Å². The van der Waals surface area contributed by atoms with Crippen LogP contribution in [0.3, 0.4) is 0 Å². The minimum absolute atomic E-state index is 0.0129. The molecule has 3 aromatic rings. The van der Waals surface area contributed by atoms with Crippen LogP contribution in [-0.4, -0.2) is 9.97 Å². The van der Waals surface area contributed by atoms with Gasteiger partial charge in [0.15, 0.2) is 0 Å². The normalized spacial score (nSPS) is 10.2. The number of nitrogen functional groups attached to an aromatic ring is 2. The van der Waals surface area contributed by atoms with E-state index in [1.165, 1.54) is 0 Å². The molecule has 0 saturated heterocycles. The van der Waals surface area contributed by atoms with E-state index in [1.54, 1.807) is 18.2 Å². The van der Waals surface area contributed by atoms with Crippen LogP contribution in [0.2, 0.25) is 5.02 Å². The summed E-state index contributed by atoms with van der Waals surface area (Å²) in [5.74, 6) is 0.502. The summed E-state index contributed by atoms with van der Waals surface area (Å²) in [4.78, 5) is 7.98. The maximum Gasteiger partial charge on any atom is 0.222 e. The van der Waals surface area contributed by atoms with Gasteiger partial charge in [0.05, 0.1) is 5.69 Å². The fourth-order valence-electron chi connectivity index (χ4n) is 2.35. The van der Waals surface area contributed by atoms with E-state index in [0.29, 0.717) is 22.9 Å². The molecule has 0 bridgehead atoms. The van der Waals surface area contributed by atoms with E-state index in [-0.39, 0.29) is 23.0 Å². The molecule has 1 aromatic heterocycles. The van der Waals surface area contributed by atoms with E-state index in [2.05, 4.69) is 9.97 Å². The first-order chi connectivity index (χ1) is 12.1. The van der Waals surface area contributed by atoms with Crippen LogP contribution >= 0.6 is 11.6 Å². The molecule has 0 unspecified atom stereocenters. The zero-order valence-electron chi connectivity index (χ0n) is 13.1. The Hall–Kier alpha value is -3.30. The van der Waals surface area contributed by atoms with Crippen LogP contribution in [0.25, 0.3) is 11.3 Å². The van der Waals surface area contributed by atoms with Crippen LogP contribution < -0.4 is 16.2 Å². The van der Waals surface area contributed by atoms with Crippen molar-refractivity contribution < 1.29 is 4.74 Å². The van der Waals surface area contributed by atoms with Crippen LogP contribution in [0.15, 0.2) is 48.5 Å². The zero-order chi connectivity index (χ0) is 17.8. The van der Waals surface area contributed by atoms with Gasteiger partial charge in [-0.15, -0.1) is 0 Å². The molecule has 3 rings (SSSR count). The third-order valence-corrected chi connectivity index (χ3v) is 3.74. The molecule has 0 aliphatic carbocycles. The number of halogens is 1. The van der Waals surface area contributed by atoms with Gasteiger partial charge in [-0.3, -0.25) is 0 Å². The first kappa shape index (κ1) is 16.6. The fraction of sp³-hybridized carbons (Fsp3) is 0.0556. The number of hydrogen-bond donors (Lipinski definition) is 2. The average Bonchev–Trinajstić information content (AvgIpc) is 2.61. The number of anilines is 2. The van der Waals surface area contributed by atoms with Gasteiger partial charge >= 0.3 is 0 Å². The molecule has 0 amide bonds. The quantitative estimate of drug-likeness (QED) is 0.745. The summed E-state index contributed by atoms with van der Waals surface area (Å²) in [7, 11) is 0. The number of rotatable bonds is 4. The molecule has 0 saturated carbocycles. The van der Waals surface area contributed by atoms with Crippen molar-refractivity contribution in [2.75, 3.05) is 11.5 Å². The highest BCUT2D eigenvalue weighted by Crippen LogP contribution is 2.35. The Morgan fingerprint density at radius 3 is 2.56 bits per heavy atom. The van der Waals surface area contributed by atoms with Gasteiger partial charge in [0.2, 0.25) is 5.95 Å². The van der Waals surface area contributed by atoms with Crippen molar-refractivity contribution >= 4 is 23.4 Å². The summed E-state index contributed by atoms with van der Waals surface area (Å²) in [6, 6.07) is 16.8. The Kier molecular flexibility index (Phi) is 4.68. The SMILES string of the molecule is N#Cc1c(N)nc(N)nc1-c1cc(Cl)ccc1OCc1ccccc1. The number of aromatic nitrogens is 2. The molecule has 1 heterocycles. The van der Waals surface area contributed by atoms with E-state index in [1.807, 2.05) is 36.4 Å². The lowest BCUT2D eigenvalue weighted by Crippen LogP contribution is -2.06. The standard InChI is InChI=1S/C18H14ClN5O/c19-12-6-7-15(25-10-11-4-2-1-3-5-11)13(8-12)16-14(9-20)17(21)24-18(22)23-16/h1-8H,10H2,(H4,21,22,23,24). The first-order valence-corrected chi connectivity index (χ1v) is 7.76. The summed E-state index contributed by atoms with van der Waals surface area (Å²) < 4.78 is 5.90. The van der Waals surface area contributed by atoms with E-state index in [9.17, 15) is 5.26 Å². The van der Waals surface area contributed by atoms with Crippen molar-refractivity contribution in [2.24, 2.45) is 0 Å². The van der Waals surface area contributed by atoms with Gasteiger partial charge in [-0.05, 0) is 23.8 Å². The largest absolute Gasteiger partial charge is 0.488 e. The Bertz CT molecular complexity index is 954. The molecule has 0 fully saturated rings. The number of hydrogen-bond acceptors (Lipinski definition) is 6. The zero-order valence-corrected chi connectivity index (χ0v) is 13.9. The topological polar surface area (TPSA) is 111 Å². The molecule has 4 N–H and O–H groups in total. The molecule has 124 valence electrons. The van der Waals surface area contributed by atoms with Crippen molar-refractivity contribution in [3.63, 3.8) is 0 Å². The second-order valence-corrected chi connectivity index (χ2v) is 5.65. The predicted molar refractivity (Wildman–Crippen MR) is 96.8 cm³/mol. The number of benzene rings is 2. The molecule has 2 aromatic carbocycles. The molecule has 0 radical (unpaired) electrons. The predicted octanol–water partition coefficient (Wildman–Crippen LogP) is 3.41. The van der Waals surface area contributed by atoms with E-state index < -0.39 is 0 Å². The molecule has 0 aliphatic heterocycles. The van der Waals surface area contributed by atoms with E-state index >= 15 is 0 Å². The Morgan fingerprint density at radius 2 is 1.84 bits per heavy atom. The first-order valence-electron chi connectivity index (χ1n) is 7.38. The summed E-state index contributed by atoms with van der Waals surface area (Å²) in [5.41, 5.74) is 13.4. The van der Waals surface area contributed by atoms with E-state index in [4.69, 9.17) is 27.8 Å². The molecule has 0 atom stereocenters. The molecule has 25 heavy (non-hydrogen) atoms. The minimum atomic E-state index is -0.0273. The Balaban J connectivity index is 2.05. The number of ether oxygens (including phenoxy) is 1. The van der Waals surface area contributed by atoms with Gasteiger partial charge in [0.25, 0.3) is 0 Å². The van der Waals surface area contributed by atoms with Gasteiger partial charge in [-0.2, -0.15) is 10.2 Å². The molecular weight excluding hydrogens is 338 g/mol. The maximum absolute atomic E-state index is 9.39. The summed E-state index contributed by atoms with van der Waals surface area (Å²) >= 11 is 6.11. The van der Waals surface area contributed by atoms with Crippen molar-refractivity contribution in [3.05, 3.63) is 64.7 Å². The molecule has 7 heteroatoms. The highest BCUT2D eigenvalue weighted by atomic mass is 35.5. The lowest BCUT2D eigenvalue weighted by Gasteiger charge is -2.13. The highest BCUT2D eigenvalue weighted by Gasteiger charge is 2.17. The second kappa shape index (κ2) is 7.07. The Morgan fingerprint density at radius 1 is 1.08 bits per heavy atom. The maximum atomic E-state index is 9.39. The average molecular weight is 352 g/mol. The monoisotopic (exact) mass is 351 g/mol. The van der Waals surface area contributed by atoms with Gasteiger partial charge in [-0.25, -0.2) is 4.98 Å². The van der Waals surface area contributed by atoms with Crippen molar-refractivity contribution in [3.8, 4) is 23.1 Å². The summed E-state index contributed by atoms with van der Waals surface area (Å²) in [5, 5.41) is 9.87. The van der Waals surface area contributed by atoms with Crippen LogP contribution in [0, 0.1) is 11.3 Å². The smallest absolute Gasteiger partial charge is 0.222 e. The van der Waals surface area contributed by atoms with Gasteiger partial charge in [0, 0.05) is 10.6 Å².